The molecule has 56 heavy (non-hydrogen) atoms. The summed E-state index contributed by atoms with van der Waals surface area (Å²) in [6, 6.07) is 20.3. The second-order valence-corrected chi connectivity index (χ2v) is 15.0. The number of methoxy groups -OCH3 is 1. The third-order valence-electron chi connectivity index (χ3n) is 10.3. The van der Waals surface area contributed by atoms with Gasteiger partial charge >= 0.3 is 0 Å². The highest BCUT2D eigenvalue weighted by atomic mass is 79.9. The van der Waals surface area contributed by atoms with E-state index in [-0.39, 0.29) is 35.7 Å². The van der Waals surface area contributed by atoms with Gasteiger partial charge in [-0.05, 0) is 102 Å². The number of furan rings is 1. The van der Waals surface area contributed by atoms with E-state index in [9.17, 15) is 14.0 Å². The molecule has 15 heteroatoms. The first-order chi connectivity index (χ1) is 27.0. The molecule has 2 amide bonds. The summed E-state index contributed by atoms with van der Waals surface area (Å²) in [6.07, 6.45) is 2.08. The van der Waals surface area contributed by atoms with Crippen LogP contribution in [0.2, 0.25) is 0 Å². The summed E-state index contributed by atoms with van der Waals surface area (Å²) in [4.78, 5) is 36.7. The van der Waals surface area contributed by atoms with Gasteiger partial charge in [0.25, 0.3) is 0 Å². The third kappa shape index (κ3) is 7.24. The molecule has 1 aliphatic carbocycles. The van der Waals surface area contributed by atoms with Crippen LogP contribution in [0.25, 0.3) is 22.5 Å². The van der Waals surface area contributed by atoms with E-state index in [1.54, 1.807) is 24.1 Å². The lowest BCUT2D eigenvalue weighted by Gasteiger charge is -2.31. The molecule has 1 saturated heterocycles. The number of benzene rings is 3. The van der Waals surface area contributed by atoms with Crippen LogP contribution in [-0.2, 0) is 22.7 Å². The van der Waals surface area contributed by atoms with Crippen LogP contribution in [0.4, 0.5) is 20.2 Å². The monoisotopic (exact) mass is 825 g/mol. The number of pyridine rings is 1. The molecule has 0 atom stereocenters. The molecular formula is C41H38BrF2N7O5. The Morgan fingerprint density at radius 3 is 2.30 bits per heavy atom. The third-order valence-corrected chi connectivity index (χ3v) is 10.9. The SMILES string of the molecule is COc1ccc(Cn2nc(-c3oc(CN4CCN(C)CC4)cc3Br)c3c(Oc4ccc(N(C(=O)C5(C(N)=O)CC5)c5ccc(F)cc5)cc4F)ccnc32)cc1. The second-order valence-electron chi connectivity index (χ2n) is 14.1. The smallest absolute Gasteiger partial charge is 0.247 e. The number of piperazine rings is 1. The summed E-state index contributed by atoms with van der Waals surface area (Å²) in [5.74, 6) is -0.637. The molecule has 4 heterocycles. The minimum Gasteiger partial charge on any atom is -0.497 e. The van der Waals surface area contributed by atoms with Crippen LogP contribution in [0.5, 0.6) is 17.2 Å². The molecule has 288 valence electrons. The molecule has 2 fully saturated rings. The maximum atomic E-state index is 16.2. The fourth-order valence-corrected chi connectivity index (χ4v) is 7.44. The number of likely N-dealkylation sites (N-methyl/N-ethyl adjacent to an activating group) is 1. The van der Waals surface area contributed by atoms with Gasteiger partial charge in [-0.25, -0.2) is 18.4 Å². The summed E-state index contributed by atoms with van der Waals surface area (Å²) in [6.45, 7) is 4.73. The number of aromatic nitrogens is 3. The Kier molecular flexibility index (Phi) is 10.1. The highest BCUT2D eigenvalue weighted by molar-refractivity contribution is 9.10. The Hall–Kier alpha value is -5.64. The van der Waals surface area contributed by atoms with Crippen LogP contribution < -0.4 is 20.1 Å². The minimum atomic E-state index is -1.42. The number of nitrogens with two attached hydrogens (primary N) is 1. The Bertz CT molecular complexity index is 2420. The predicted molar refractivity (Wildman–Crippen MR) is 209 cm³/mol. The van der Waals surface area contributed by atoms with Gasteiger partial charge in [-0.3, -0.25) is 19.4 Å². The summed E-state index contributed by atoms with van der Waals surface area (Å²) in [7, 11) is 3.72. The van der Waals surface area contributed by atoms with Crippen LogP contribution >= 0.6 is 15.9 Å². The molecule has 3 aromatic carbocycles. The number of carbonyl (C=O) groups is 2. The van der Waals surface area contributed by atoms with E-state index in [2.05, 4.69) is 37.8 Å². The van der Waals surface area contributed by atoms with Crippen LogP contribution in [0, 0.1) is 17.0 Å². The summed E-state index contributed by atoms with van der Waals surface area (Å²) in [5, 5.41) is 5.48. The van der Waals surface area contributed by atoms with Crippen molar-refractivity contribution in [2.75, 3.05) is 45.2 Å². The highest BCUT2D eigenvalue weighted by Gasteiger charge is 2.57. The van der Waals surface area contributed by atoms with E-state index >= 15 is 4.39 Å². The first kappa shape index (κ1) is 37.3. The number of ether oxygens (including phenoxy) is 2. The molecule has 12 nitrogen and oxygen atoms in total. The van der Waals surface area contributed by atoms with E-state index in [0.29, 0.717) is 40.0 Å². The summed E-state index contributed by atoms with van der Waals surface area (Å²) in [5.41, 5.74) is 6.43. The molecule has 2 aliphatic rings. The van der Waals surface area contributed by atoms with Crippen molar-refractivity contribution in [1.82, 2.24) is 24.6 Å². The van der Waals surface area contributed by atoms with E-state index in [4.69, 9.17) is 24.7 Å². The quantitative estimate of drug-likeness (QED) is 0.127. The van der Waals surface area contributed by atoms with Gasteiger partial charge in [0.1, 0.15) is 34.2 Å². The van der Waals surface area contributed by atoms with Crippen molar-refractivity contribution in [3.8, 4) is 28.7 Å². The number of anilines is 2. The molecule has 8 rings (SSSR count). The molecule has 1 saturated carbocycles. The molecule has 0 unspecified atom stereocenters. The molecule has 3 aromatic heterocycles. The fraction of sp³-hybridized carbons (Fsp3) is 0.268. The van der Waals surface area contributed by atoms with Gasteiger partial charge < -0.3 is 24.5 Å². The predicted octanol–water partition coefficient (Wildman–Crippen LogP) is 7.26. The Labute approximate surface area is 329 Å². The van der Waals surface area contributed by atoms with Gasteiger partial charge in [0.05, 0.1) is 35.7 Å². The molecule has 6 aromatic rings. The first-order valence-electron chi connectivity index (χ1n) is 18.1. The van der Waals surface area contributed by atoms with E-state index < -0.39 is 28.9 Å². The Morgan fingerprint density at radius 2 is 1.64 bits per heavy atom. The van der Waals surface area contributed by atoms with Crippen LogP contribution in [-0.4, -0.2) is 76.7 Å². The standard InChI is InChI=1S/C41H38BrF2N7O5/c1-48-17-19-49(20-18-48)24-30-22-31(42)37(55-30)36-35-34(13-16-46-38(35)50(47-36)23-25-3-10-29(54-2)11-4-25)56-33-12-9-28(21-32(33)44)51(27-7-5-26(43)6-8-27)40(53)41(14-15-41)39(45)52/h3-13,16,21-22H,14-15,17-20,23-24H2,1-2H3,(H2,45,52). The molecule has 1 aliphatic heterocycles. The van der Waals surface area contributed by atoms with Crippen molar-refractivity contribution < 1.29 is 32.3 Å². The topological polar surface area (TPSA) is 132 Å². The number of halogens is 3. The van der Waals surface area contributed by atoms with Gasteiger partial charge in [-0.2, -0.15) is 5.10 Å². The van der Waals surface area contributed by atoms with Crippen molar-refractivity contribution in [3.05, 3.63) is 112 Å². The maximum absolute atomic E-state index is 16.2. The van der Waals surface area contributed by atoms with Crippen molar-refractivity contribution >= 4 is 50.2 Å². The maximum Gasteiger partial charge on any atom is 0.247 e. The van der Waals surface area contributed by atoms with E-state index in [1.807, 2.05) is 30.3 Å². The highest BCUT2D eigenvalue weighted by Crippen LogP contribution is 2.49. The molecule has 0 bridgehead atoms. The van der Waals surface area contributed by atoms with E-state index in [0.717, 1.165) is 49.3 Å². The zero-order valence-electron chi connectivity index (χ0n) is 30.7. The lowest BCUT2D eigenvalue weighted by molar-refractivity contribution is -0.133. The van der Waals surface area contributed by atoms with E-state index in [1.165, 1.54) is 41.3 Å². The van der Waals surface area contributed by atoms with Gasteiger partial charge in [0.2, 0.25) is 11.8 Å². The molecular weight excluding hydrogens is 788 g/mol. The largest absolute Gasteiger partial charge is 0.497 e. The lowest BCUT2D eigenvalue weighted by atomic mass is 10.0. The first-order valence-corrected chi connectivity index (χ1v) is 18.9. The number of fused-ring (bicyclic) bond motifs is 1. The van der Waals surface area contributed by atoms with Crippen LogP contribution in [0.3, 0.4) is 0 Å². The number of hydrogen-bond acceptors (Lipinski definition) is 9. The zero-order valence-corrected chi connectivity index (χ0v) is 32.3. The summed E-state index contributed by atoms with van der Waals surface area (Å²) >= 11 is 3.71. The number of carbonyl (C=O) groups excluding carboxylic acids is 2. The molecule has 0 radical (unpaired) electrons. The molecule has 0 spiro atoms. The number of rotatable bonds is 12. The van der Waals surface area contributed by atoms with Gasteiger partial charge in [0.15, 0.2) is 23.0 Å². The van der Waals surface area contributed by atoms with Crippen molar-refractivity contribution in [1.29, 1.82) is 0 Å². The number of nitrogens with zero attached hydrogens (tertiary/aromatic N) is 6. The Morgan fingerprint density at radius 1 is 0.929 bits per heavy atom. The Balaban J connectivity index is 1.17. The zero-order chi connectivity index (χ0) is 39.1. The van der Waals surface area contributed by atoms with Gasteiger partial charge in [-0.15, -0.1) is 0 Å². The average Bonchev–Trinajstić information content (AvgIpc) is 3.83. The van der Waals surface area contributed by atoms with Crippen molar-refractivity contribution in [2.24, 2.45) is 11.1 Å². The van der Waals surface area contributed by atoms with Crippen molar-refractivity contribution in [3.63, 3.8) is 0 Å². The molecule has 2 N–H and O–H groups in total. The summed E-state index contributed by atoms with van der Waals surface area (Å²) < 4.78 is 50.7. The average molecular weight is 827 g/mol. The lowest BCUT2D eigenvalue weighted by Crippen LogP contribution is -2.43. The number of primary amides is 1. The number of hydrogen-bond donors (Lipinski definition) is 1. The normalized spacial score (nSPS) is 15.5. The minimum absolute atomic E-state index is 0.110. The van der Waals surface area contributed by atoms with Gasteiger partial charge in [0, 0.05) is 44.1 Å². The van der Waals surface area contributed by atoms with Crippen LogP contribution in [0.15, 0.2) is 93.9 Å². The number of amides is 2. The van der Waals surface area contributed by atoms with Crippen molar-refractivity contribution in [2.45, 2.75) is 25.9 Å². The fourth-order valence-electron chi connectivity index (χ4n) is 6.92. The van der Waals surface area contributed by atoms with Crippen LogP contribution in [0.1, 0.15) is 24.2 Å². The van der Waals surface area contributed by atoms with Gasteiger partial charge in [-0.1, -0.05) is 12.1 Å². The second kappa shape index (κ2) is 15.1.